The second kappa shape index (κ2) is 15.4. The van der Waals surface area contributed by atoms with Crippen molar-refractivity contribution in [3.05, 3.63) is 11.8 Å². The molecule has 0 spiro atoms. The molecule has 0 aliphatic heterocycles. The minimum Gasteiger partial charge on any atom is -0.355 e. The highest BCUT2D eigenvalue weighted by Crippen LogP contribution is 2.30. The molecule has 0 aromatic rings. The summed E-state index contributed by atoms with van der Waals surface area (Å²) in [4.78, 5) is 46.8. The fraction of sp³-hybridized carbons (Fsp3) is 0.700. The minimum absolute atomic E-state index is 0.00430. The van der Waals surface area contributed by atoms with Crippen LogP contribution in [0.3, 0.4) is 0 Å². The Labute approximate surface area is 183 Å². The van der Waals surface area contributed by atoms with E-state index in [1.165, 1.54) is 5.57 Å². The van der Waals surface area contributed by atoms with Crippen LogP contribution in [0.25, 0.3) is 0 Å². The van der Waals surface area contributed by atoms with Crippen molar-refractivity contribution in [2.45, 2.75) is 64.7 Å². The number of nitrogens with two attached hydrogens (primary N) is 1. The van der Waals surface area contributed by atoms with Crippen molar-refractivity contribution in [2.75, 3.05) is 12.7 Å². The van der Waals surface area contributed by atoms with Crippen LogP contribution in [0.5, 0.6) is 0 Å². The Morgan fingerprint density at radius 2 is 1.90 bits per heavy atom. The molecule has 0 bridgehead atoms. The summed E-state index contributed by atoms with van der Waals surface area (Å²) in [5, 5.41) is 5.46. The second-order valence-corrected chi connectivity index (χ2v) is 9.34. The summed E-state index contributed by atoms with van der Waals surface area (Å²) < 4.78 is 0. The number of hydrogen-bond donors (Lipinski definition) is 4. The maximum Gasteiger partial charge on any atom is 0.225 e. The number of hydrogen-bond acceptors (Lipinski definition) is 6. The summed E-state index contributed by atoms with van der Waals surface area (Å²) in [6.07, 6.45) is 8.18. The molecule has 0 aromatic heterocycles. The number of allylic oxidation sites excluding steroid dienone is 1. The van der Waals surface area contributed by atoms with Crippen LogP contribution in [0.15, 0.2) is 11.8 Å². The van der Waals surface area contributed by atoms with E-state index in [1.54, 1.807) is 0 Å². The maximum absolute atomic E-state index is 12.5. The fourth-order valence-corrected chi connectivity index (χ4v) is 4.42. The number of nitrogens with one attached hydrogen (secondary N) is 3. The number of amides is 2. The molecule has 0 heterocycles. The third-order valence-corrected chi connectivity index (χ3v) is 6.56. The van der Waals surface area contributed by atoms with Crippen LogP contribution in [0.1, 0.15) is 64.7 Å². The third-order valence-electron chi connectivity index (χ3n) is 5.32. The highest BCUT2D eigenvalue weighted by molar-refractivity contribution is 7.40. The van der Waals surface area contributed by atoms with E-state index in [1.807, 2.05) is 6.20 Å². The van der Waals surface area contributed by atoms with E-state index in [9.17, 15) is 19.2 Å². The van der Waals surface area contributed by atoms with Crippen LogP contribution >= 0.6 is 18.0 Å². The van der Waals surface area contributed by atoms with Gasteiger partial charge in [-0.05, 0) is 53.2 Å². The Hall–Kier alpha value is -1.36. The number of carbonyl (C=O) groups excluding carboxylic acids is 4. The zero-order valence-corrected chi connectivity index (χ0v) is 20.0. The molecule has 30 heavy (non-hydrogen) atoms. The van der Waals surface area contributed by atoms with Gasteiger partial charge in [-0.1, -0.05) is 21.7 Å². The van der Waals surface area contributed by atoms with Crippen LogP contribution in [-0.4, -0.2) is 35.8 Å². The maximum atomic E-state index is 12.5. The molecule has 4 atom stereocenters. The lowest BCUT2D eigenvalue weighted by Gasteiger charge is -2.24. The predicted octanol–water partition coefficient (Wildman–Crippen LogP) is 1.91. The smallest absolute Gasteiger partial charge is 0.225 e. The van der Waals surface area contributed by atoms with Gasteiger partial charge in [-0.3, -0.25) is 25.0 Å². The first kappa shape index (κ1) is 26.7. The van der Waals surface area contributed by atoms with Gasteiger partial charge in [0.15, 0.2) is 0 Å². The Morgan fingerprint density at radius 3 is 2.60 bits per heavy atom. The molecule has 10 heteroatoms. The normalized spacial score (nSPS) is 21.1. The zero-order chi connectivity index (χ0) is 22.4. The largest absolute Gasteiger partial charge is 0.355 e. The Bertz CT molecular complexity index is 628. The van der Waals surface area contributed by atoms with Crippen LogP contribution < -0.4 is 21.7 Å². The van der Waals surface area contributed by atoms with Gasteiger partial charge >= 0.3 is 0 Å². The summed E-state index contributed by atoms with van der Waals surface area (Å²) in [5.74, 6) is 5.76. The quantitative estimate of drug-likeness (QED) is 0.201. The van der Waals surface area contributed by atoms with Crippen molar-refractivity contribution in [3.63, 3.8) is 0 Å². The monoisotopic (exact) mass is 458 g/mol. The van der Waals surface area contributed by atoms with Crippen LogP contribution in [0.2, 0.25) is 0 Å². The number of Topliss-reactive ketones (excluding diaryl/α,β-unsaturated/α-hetero) is 1. The molecular weight excluding hydrogens is 422 g/mol. The fourth-order valence-electron chi connectivity index (χ4n) is 3.52. The molecule has 1 aliphatic rings. The van der Waals surface area contributed by atoms with E-state index in [4.69, 9.17) is 5.84 Å². The molecule has 8 nitrogen and oxygen atoms in total. The number of hydrazine groups is 1. The molecular formula is C20H36N4O4P2. The van der Waals surface area contributed by atoms with Crippen LogP contribution in [-0.2, 0) is 19.2 Å². The molecule has 4 unspecified atom stereocenters. The van der Waals surface area contributed by atoms with Crippen molar-refractivity contribution in [1.29, 1.82) is 0 Å². The molecule has 170 valence electrons. The van der Waals surface area contributed by atoms with E-state index >= 15 is 0 Å². The molecule has 0 saturated heterocycles. The van der Waals surface area contributed by atoms with E-state index < -0.39 is 0 Å². The van der Waals surface area contributed by atoms with Gasteiger partial charge in [0.05, 0.1) is 6.16 Å². The van der Waals surface area contributed by atoms with Gasteiger partial charge in [-0.2, -0.15) is 0 Å². The van der Waals surface area contributed by atoms with Gasteiger partial charge in [0.1, 0.15) is 11.3 Å². The van der Waals surface area contributed by atoms with E-state index in [0.29, 0.717) is 31.7 Å². The Balaban J connectivity index is 2.19. The van der Waals surface area contributed by atoms with E-state index in [-0.39, 0.29) is 50.4 Å². The standard InChI is InChI=1S/C20H36N4O4P2/c1-14-8-9-15(4-2-5-16(14)12-23-21)17(25)10-11-22-19(27)13-30-24-18(26)6-3-7-20(28)29/h12,14-15,23,30H,2-11,13,21,29H2,1H3,(H,22,27)(H,24,26)/b16-12-. The topological polar surface area (TPSA) is 130 Å². The summed E-state index contributed by atoms with van der Waals surface area (Å²) in [5.41, 5.74) is 3.91. The first-order chi connectivity index (χ1) is 14.3. The van der Waals surface area contributed by atoms with Crippen LogP contribution in [0.4, 0.5) is 0 Å². The summed E-state index contributed by atoms with van der Waals surface area (Å²) >= 11 is 0. The average molecular weight is 458 g/mol. The van der Waals surface area contributed by atoms with Gasteiger partial charge in [0.2, 0.25) is 11.8 Å². The van der Waals surface area contributed by atoms with E-state index in [2.05, 4.69) is 32.0 Å². The molecule has 1 fully saturated rings. The van der Waals surface area contributed by atoms with Crippen molar-refractivity contribution in [1.82, 2.24) is 15.8 Å². The molecule has 0 aromatic carbocycles. The molecule has 2 amide bonds. The van der Waals surface area contributed by atoms with Gasteiger partial charge in [-0.25, -0.2) is 0 Å². The summed E-state index contributed by atoms with van der Waals surface area (Å²) in [7, 11) is 2.08. The summed E-state index contributed by atoms with van der Waals surface area (Å²) in [6.45, 7) is 2.50. The van der Waals surface area contributed by atoms with Gasteiger partial charge in [0.25, 0.3) is 0 Å². The highest BCUT2D eigenvalue weighted by Gasteiger charge is 2.23. The molecule has 1 saturated carbocycles. The van der Waals surface area contributed by atoms with Gasteiger partial charge < -0.3 is 15.8 Å². The first-order valence-corrected chi connectivity index (χ1v) is 12.4. The van der Waals surface area contributed by atoms with Crippen molar-refractivity contribution in [3.8, 4) is 0 Å². The number of rotatable bonds is 12. The lowest BCUT2D eigenvalue weighted by atomic mass is 9.81. The molecule has 0 radical (unpaired) electrons. The molecule has 1 aliphatic carbocycles. The van der Waals surface area contributed by atoms with Crippen molar-refractivity contribution >= 4 is 41.1 Å². The van der Waals surface area contributed by atoms with E-state index in [0.717, 1.165) is 32.1 Å². The SMILES string of the molecule is CC1CCC(C(=O)CCNC(=O)CPNC(=O)CCCC(=O)P)CCC/C1=C/NN. The van der Waals surface area contributed by atoms with Crippen molar-refractivity contribution in [2.24, 2.45) is 17.7 Å². The average Bonchev–Trinajstić information content (AvgIpc) is 2.67. The second-order valence-electron chi connectivity index (χ2n) is 7.74. The van der Waals surface area contributed by atoms with Gasteiger partial charge in [0, 0.05) is 37.9 Å². The number of ketones is 1. The zero-order valence-electron chi connectivity index (χ0n) is 17.8. The van der Waals surface area contributed by atoms with Crippen molar-refractivity contribution < 1.29 is 19.2 Å². The lowest BCUT2D eigenvalue weighted by Crippen LogP contribution is -2.30. The highest BCUT2D eigenvalue weighted by atomic mass is 31.1. The molecule has 5 N–H and O–H groups in total. The predicted molar refractivity (Wildman–Crippen MR) is 124 cm³/mol. The van der Waals surface area contributed by atoms with Gasteiger partial charge in [-0.15, -0.1) is 0 Å². The Morgan fingerprint density at radius 1 is 1.13 bits per heavy atom. The third kappa shape index (κ3) is 11.7. The minimum atomic E-state index is -0.170. The summed E-state index contributed by atoms with van der Waals surface area (Å²) in [6, 6.07) is 0. The first-order valence-electron chi connectivity index (χ1n) is 10.6. The Kier molecular flexibility index (Phi) is 13.7. The lowest BCUT2D eigenvalue weighted by molar-refractivity contribution is -0.124. The molecule has 1 rings (SSSR count). The van der Waals surface area contributed by atoms with Crippen LogP contribution in [0, 0.1) is 11.8 Å². The number of carbonyl (C=O) groups is 4.